The Balaban J connectivity index is 2.89. The summed E-state index contributed by atoms with van der Waals surface area (Å²) in [5.41, 5.74) is -1.57. The zero-order chi connectivity index (χ0) is 11.7. The lowest BCUT2D eigenvalue weighted by molar-refractivity contribution is -0.151. The minimum atomic E-state index is -3.26. The van der Waals surface area contributed by atoms with E-state index in [1.54, 1.807) is 0 Å². The standard InChI is InChI=1S/C9H16O5S/c1-2-3-7(8(10)11)9(12)4-5-15(13,14)6-9/h7,12H,2-6H2,1H3,(H,10,11). The predicted molar refractivity (Wildman–Crippen MR) is 54.3 cm³/mol. The van der Waals surface area contributed by atoms with Crippen molar-refractivity contribution in [2.45, 2.75) is 31.8 Å². The third kappa shape index (κ3) is 2.69. The van der Waals surface area contributed by atoms with E-state index >= 15 is 0 Å². The number of aliphatic hydroxyl groups is 1. The molecule has 0 aromatic heterocycles. The van der Waals surface area contributed by atoms with Gasteiger partial charge in [-0.05, 0) is 12.8 Å². The summed E-state index contributed by atoms with van der Waals surface area (Å²) in [5, 5.41) is 19.0. The molecule has 1 rings (SSSR count). The van der Waals surface area contributed by atoms with Gasteiger partial charge in [0, 0.05) is 0 Å². The van der Waals surface area contributed by atoms with E-state index in [2.05, 4.69) is 0 Å². The Morgan fingerprint density at radius 1 is 1.53 bits per heavy atom. The van der Waals surface area contributed by atoms with Gasteiger partial charge < -0.3 is 10.2 Å². The molecule has 1 saturated heterocycles. The van der Waals surface area contributed by atoms with E-state index in [4.69, 9.17) is 5.11 Å². The van der Waals surface area contributed by atoms with Gasteiger partial charge in [-0.3, -0.25) is 4.79 Å². The lowest BCUT2D eigenvalue weighted by Gasteiger charge is -2.27. The van der Waals surface area contributed by atoms with Crippen LogP contribution in [0.5, 0.6) is 0 Å². The Morgan fingerprint density at radius 2 is 2.13 bits per heavy atom. The number of aliphatic carboxylic acids is 1. The summed E-state index contributed by atoms with van der Waals surface area (Å²) in [6, 6.07) is 0. The molecule has 0 amide bonds. The van der Waals surface area contributed by atoms with Crippen molar-refractivity contribution in [3.63, 3.8) is 0 Å². The second-order valence-electron chi connectivity index (χ2n) is 4.13. The molecule has 0 saturated carbocycles. The molecule has 1 fully saturated rings. The molecule has 2 atom stereocenters. The topological polar surface area (TPSA) is 91.7 Å². The van der Waals surface area contributed by atoms with Crippen molar-refractivity contribution in [3.8, 4) is 0 Å². The molecule has 2 N–H and O–H groups in total. The minimum absolute atomic E-state index is 0.0340. The molecule has 0 aromatic carbocycles. The van der Waals surface area contributed by atoms with Crippen molar-refractivity contribution in [2.24, 2.45) is 5.92 Å². The molecular formula is C9H16O5S. The van der Waals surface area contributed by atoms with Crippen molar-refractivity contribution >= 4 is 15.8 Å². The summed E-state index contributed by atoms with van der Waals surface area (Å²) < 4.78 is 22.4. The number of carbonyl (C=O) groups is 1. The summed E-state index contributed by atoms with van der Waals surface area (Å²) in [6.07, 6.45) is 0.951. The first-order chi connectivity index (χ1) is 6.81. The first kappa shape index (κ1) is 12.4. The molecule has 6 heteroatoms. The van der Waals surface area contributed by atoms with Crippen molar-refractivity contribution in [3.05, 3.63) is 0 Å². The zero-order valence-electron chi connectivity index (χ0n) is 8.64. The van der Waals surface area contributed by atoms with E-state index in [9.17, 15) is 18.3 Å². The molecule has 1 aliphatic heterocycles. The number of carboxylic acids is 1. The molecular weight excluding hydrogens is 220 g/mol. The van der Waals surface area contributed by atoms with Crippen LogP contribution >= 0.6 is 0 Å². The maximum atomic E-state index is 11.2. The summed E-state index contributed by atoms with van der Waals surface area (Å²) in [6.45, 7) is 1.81. The molecule has 1 aliphatic rings. The van der Waals surface area contributed by atoms with E-state index in [0.29, 0.717) is 12.8 Å². The van der Waals surface area contributed by atoms with Crippen LogP contribution in [0.25, 0.3) is 0 Å². The highest BCUT2D eigenvalue weighted by Gasteiger charge is 2.48. The Morgan fingerprint density at radius 3 is 2.47 bits per heavy atom. The van der Waals surface area contributed by atoms with Crippen molar-refractivity contribution in [1.82, 2.24) is 0 Å². The largest absolute Gasteiger partial charge is 0.481 e. The van der Waals surface area contributed by atoms with Crippen LogP contribution in [0.2, 0.25) is 0 Å². The van der Waals surface area contributed by atoms with E-state index in [1.165, 1.54) is 0 Å². The highest BCUT2D eigenvalue weighted by molar-refractivity contribution is 7.91. The number of rotatable bonds is 4. The van der Waals surface area contributed by atoms with Gasteiger partial charge in [-0.1, -0.05) is 13.3 Å². The van der Waals surface area contributed by atoms with Crippen LogP contribution < -0.4 is 0 Å². The zero-order valence-corrected chi connectivity index (χ0v) is 9.46. The quantitative estimate of drug-likeness (QED) is 0.719. The van der Waals surface area contributed by atoms with Gasteiger partial charge in [0.05, 0.1) is 23.0 Å². The van der Waals surface area contributed by atoms with Crippen LogP contribution in [0.4, 0.5) is 0 Å². The fourth-order valence-corrected chi connectivity index (χ4v) is 3.96. The second kappa shape index (κ2) is 4.09. The number of hydrogen-bond acceptors (Lipinski definition) is 4. The average molecular weight is 236 g/mol. The third-order valence-corrected chi connectivity index (χ3v) is 4.61. The second-order valence-corrected chi connectivity index (χ2v) is 6.31. The van der Waals surface area contributed by atoms with Gasteiger partial charge in [0.1, 0.15) is 0 Å². The van der Waals surface area contributed by atoms with Gasteiger partial charge in [0.25, 0.3) is 0 Å². The Hall–Kier alpha value is -0.620. The van der Waals surface area contributed by atoms with Gasteiger partial charge in [0.2, 0.25) is 0 Å². The number of sulfone groups is 1. The maximum Gasteiger partial charge on any atom is 0.309 e. The minimum Gasteiger partial charge on any atom is -0.481 e. The predicted octanol–water partition coefficient (Wildman–Crippen LogP) is 0.0369. The van der Waals surface area contributed by atoms with Gasteiger partial charge in [0.15, 0.2) is 9.84 Å². The SMILES string of the molecule is CCCC(C(=O)O)C1(O)CCS(=O)(=O)C1. The van der Waals surface area contributed by atoms with Crippen LogP contribution in [0.3, 0.4) is 0 Å². The fraction of sp³-hybridized carbons (Fsp3) is 0.889. The molecule has 0 aromatic rings. The lowest BCUT2D eigenvalue weighted by Crippen LogP contribution is -2.43. The highest BCUT2D eigenvalue weighted by Crippen LogP contribution is 2.33. The smallest absolute Gasteiger partial charge is 0.309 e. The molecule has 15 heavy (non-hydrogen) atoms. The van der Waals surface area contributed by atoms with E-state index in [1.807, 2.05) is 6.92 Å². The molecule has 0 bridgehead atoms. The first-order valence-corrected chi connectivity index (χ1v) is 6.78. The van der Waals surface area contributed by atoms with Gasteiger partial charge in [-0.15, -0.1) is 0 Å². The summed E-state index contributed by atoms with van der Waals surface area (Å²) in [5.74, 6) is -2.62. The van der Waals surface area contributed by atoms with Crippen LogP contribution in [-0.2, 0) is 14.6 Å². The summed E-state index contributed by atoms with van der Waals surface area (Å²) in [7, 11) is -3.26. The van der Waals surface area contributed by atoms with Gasteiger partial charge >= 0.3 is 5.97 Å². The highest BCUT2D eigenvalue weighted by atomic mass is 32.2. The van der Waals surface area contributed by atoms with Gasteiger partial charge in [-0.25, -0.2) is 8.42 Å². The normalized spacial score (nSPS) is 31.3. The van der Waals surface area contributed by atoms with E-state index in [-0.39, 0.29) is 12.2 Å². The maximum absolute atomic E-state index is 11.2. The molecule has 88 valence electrons. The van der Waals surface area contributed by atoms with Crippen LogP contribution in [0.15, 0.2) is 0 Å². The van der Waals surface area contributed by atoms with Crippen molar-refractivity contribution < 1.29 is 23.4 Å². The van der Waals surface area contributed by atoms with Crippen molar-refractivity contribution in [2.75, 3.05) is 11.5 Å². The molecule has 1 heterocycles. The first-order valence-electron chi connectivity index (χ1n) is 4.96. The van der Waals surface area contributed by atoms with Crippen LogP contribution in [-0.4, -0.2) is 41.7 Å². The summed E-state index contributed by atoms with van der Waals surface area (Å²) in [4.78, 5) is 10.9. The number of carboxylic acid groups (broad SMARTS) is 1. The fourth-order valence-electron chi connectivity index (χ4n) is 2.04. The Kier molecular flexibility index (Phi) is 3.40. The number of hydrogen-bond donors (Lipinski definition) is 2. The van der Waals surface area contributed by atoms with Gasteiger partial charge in [-0.2, -0.15) is 0 Å². The lowest BCUT2D eigenvalue weighted by atomic mass is 9.84. The molecule has 2 unspecified atom stereocenters. The van der Waals surface area contributed by atoms with E-state index < -0.39 is 33.1 Å². The Bertz CT molecular complexity index is 348. The third-order valence-electron chi connectivity index (χ3n) is 2.84. The average Bonchev–Trinajstić information content (AvgIpc) is 2.37. The monoisotopic (exact) mass is 236 g/mol. The van der Waals surface area contributed by atoms with Crippen LogP contribution in [0, 0.1) is 5.92 Å². The molecule has 0 radical (unpaired) electrons. The molecule has 0 aliphatic carbocycles. The molecule has 5 nitrogen and oxygen atoms in total. The van der Waals surface area contributed by atoms with Crippen molar-refractivity contribution in [1.29, 1.82) is 0 Å². The summed E-state index contributed by atoms with van der Waals surface area (Å²) >= 11 is 0. The Labute approximate surface area is 89.0 Å². The van der Waals surface area contributed by atoms with E-state index in [0.717, 1.165) is 0 Å². The van der Waals surface area contributed by atoms with Crippen LogP contribution in [0.1, 0.15) is 26.2 Å². The molecule has 0 spiro atoms.